The summed E-state index contributed by atoms with van der Waals surface area (Å²) >= 11 is 1.61. The molecule has 1 N–H and O–H groups in total. The molecule has 0 spiro atoms. The fourth-order valence-electron chi connectivity index (χ4n) is 2.21. The van der Waals surface area contributed by atoms with E-state index in [9.17, 15) is 4.79 Å². The molecule has 10 heteroatoms. The van der Waals surface area contributed by atoms with Gasteiger partial charge in [0.1, 0.15) is 0 Å². The summed E-state index contributed by atoms with van der Waals surface area (Å²) < 4.78 is 3.10. The average molecular weight is 340 g/mol. The minimum atomic E-state index is -0.325. The van der Waals surface area contributed by atoms with E-state index in [-0.39, 0.29) is 18.1 Å². The molecule has 0 radical (unpaired) electrons. The lowest BCUT2D eigenvalue weighted by Gasteiger charge is -2.03. The highest BCUT2D eigenvalue weighted by Gasteiger charge is 2.13. The van der Waals surface area contributed by atoms with Crippen LogP contribution < -0.4 is 5.32 Å². The van der Waals surface area contributed by atoms with Gasteiger partial charge in [0.2, 0.25) is 0 Å². The zero-order chi connectivity index (χ0) is 16.5. The summed E-state index contributed by atoms with van der Waals surface area (Å²) in [6, 6.07) is 5.74. The standard InChI is InChI=1S/C14H12N8OS/c1-21-7-11(16-20-21)14(23)15-6-13-18-17-12-3-2-10(19-22(12)13)9-4-5-24-8-9/h2-5,7-8H,6H2,1H3,(H,15,23). The highest BCUT2D eigenvalue weighted by molar-refractivity contribution is 7.08. The van der Waals surface area contributed by atoms with Gasteiger partial charge in [0.05, 0.1) is 18.4 Å². The molecule has 4 aromatic heterocycles. The summed E-state index contributed by atoms with van der Waals surface area (Å²) in [6.45, 7) is 0.191. The third kappa shape index (κ3) is 2.63. The Kier molecular flexibility index (Phi) is 3.50. The molecule has 0 aliphatic heterocycles. The number of thiophene rings is 1. The van der Waals surface area contributed by atoms with Gasteiger partial charge < -0.3 is 5.32 Å². The van der Waals surface area contributed by atoms with E-state index in [1.807, 2.05) is 29.0 Å². The van der Waals surface area contributed by atoms with E-state index in [1.165, 1.54) is 4.68 Å². The Labute approximate surface area is 140 Å². The molecule has 0 fully saturated rings. The molecule has 120 valence electrons. The Hall–Kier alpha value is -3.14. The molecule has 9 nitrogen and oxygen atoms in total. The van der Waals surface area contributed by atoms with Gasteiger partial charge in [-0.15, -0.1) is 15.3 Å². The van der Waals surface area contributed by atoms with Crippen molar-refractivity contribution in [3.8, 4) is 11.3 Å². The van der Waals surface area contributed by atoms with E-state index >= 15 is 0 Å². The summed E-state index contributed by atoms with van der Waals surface area (Å²) in [5, 5.41) is 27.0. The Morgan fingerprint density at radius 2 is 2.17 bits per heavy atom. The molecule has 0 saturated carbocycles. The summed E-state index contributed by atoms with van der Waals surface area (Å²) in [6.07, 6.45) is 1.55. The molecule has 0 aromatic carbocycles. The van der Waals surface area contributed by atoms with Gasteiger partial charge in [-0.05, 0) is 23.6 Å². The largest absolute Gasteiger partial charge is 0.343 e. The average Bonchev–Trinajstić information content (AvgIpc) is 3.33. The Balaban J connectivity index is 1.58. The van der Waals surface area contributed by atoms with Gasteiger partial charge >= 0.3 is 0 Å². The number of rotatable bonds is 4. The van der Waals surface area contributed by atoms with Crippen molar-refractivity contribution in [2.24, 2.45) is 7.05 Å². The second kappa shape index (κ2) is 5.81. The van der Waals surface area contributed by atoms with E-state index in [0.717, 1.165) is 11.3 Å². The predicted molar refractivity (Wildman–Crippen MR) is 86.3 cm³/mol. The van der Waals surface area contributed by atoms with Gasteiger partial charge in [0.25, 0.3) is 5.91 Å². The zero-order valence-corrected chi connectivity index (χ0v) is 13.4. The lowest BCUT2D eigenvalue weighted by atomic mass is 10.2. The van der Waals surface area contributed by atoms with E-state index in [2.05, 4.69) is 30.9 Å². The van der Waals surface area contributed by atoms with Crippen LogP contribution in [0.25, 0.3) is 16.9 Å². The number of aryl methyl sites for hydroxylation is 1. The number of fused-ring (bicyclic) bond motifs is 1. The quantitative estimate of drug-likeness (QED) is 0.592. The zero-order valence-electron chi connectivity index (χ0n) is 12.6. The maximum absolute atomic E-state index is 12.0. The summed E-state index contributed by atoms with van der Waals surface area (Å²) in [7, 11) is 1.70. The first-order chi connectivity index (χ1) is 11.7. The maximum atomic E-state index is 12.0. The first kappa shape index (κ1) is 14.5. The van der Waals surface area contributed by atoms with Crippen molar-refractivity contribution >= 4 is 22.9 Å². The van der Waals surface area contributed by atoms with Crippen LogP contribution in [-0.2, 0) is 13.6 Å². The monoisotopic (exact) mass is 340 g/mol. The second-order valence-electron chi connectivity index (χ2n) is 5.08. The normalized spacial score (nSPS) is 11.0. The number of hydrogen-bond donors (Lipinski definition) is 1. The topological polar surface area (TPSA) is 103 Å². The number of aromatic nitrogens is 7. The Morgan fingerprint density at radius 3 is 2.92 bits per heavy atom. The van der Waals surface area contributed by atoms with Crippen LogP contribution in [0, 0.1) is 0 Å². The van der Waals surface area contributed by atoms with Crippen molar-refractivity contribution in [1.82, 2.24) is 40.1 Å². The number of nitrogens with zero attached hydrogens (tertiary/aromatic N) is 7. The first-order valence-electron chi connectivity index (χ1n) is 7.09. The highest BCUT2D eigenvalue weighted by atomic mass is 32.1. The molecule has 24 heavy (non-hydrogen) atoms. The number of amides is 1. The summed E-state index contributed by atoms with van der Waals surface area (Å²) in [4.78, 5) is 12.0. The Bertz CT molecular complexity index is 1000. The van der Waals surface area contributed by atoms with Gasteiger partial charge in [-0.2, -0.15) is 21.0 Å². The third-order valence-electron chi connectivity index (χ3n) is 3.39. The molecule has 0 saturated heterocycles. The van der Waals surface area contributed by atoms with Gasteiger partial charge in [0, 0.05) is 18.0 Å². The number of carbonyl (C=O) groups is 1. The fourth-order valence-corrected chi connectivity index (χ4v) is 2.86. The third-order valence-corrected chi connectivity index (χ3v) is 4.07. The van der Waals surface area contributed by atoms with Gasteiger partial charge in [0.15, 0.2) is 17.2 Å². The minimum Gasteiger partial charge on any atom is -0.343 e. The van der Waals surface area contributed by atoms with E-state index < -0.39 is 0 Å². The van der Waals surface area contributed by atoms with Crippen LogP contribution in [0.15, 0.2) is 35.2 Å². The molecule has 0 aliphatic rings. The van der Waals surface area contributed by atoms with Crippen LogP contribution in [0.4, 0.5) is 0 Å². The first-order valence-corrected chi connectivity index (χ1v) is 8.03. The van der Waals surface area contributed by atoms with E-state index in [0.29, 0.717) is 11.5 Å². The lowest BCUT2D eigenvalue weighted by molar-refractivity contribution is 0.0944. The predicted octanol–water partition coefficient (Wildman–Crippen LogP) is 0.911. The SMILES string of the molecule is Cn1cc(C(=O)NCc2nnc3ccc(-c4ccsc4)nn23)nn1. The van der Waals surface area contributed by atoms with Crippen molar-refractivity contribution in [1.29, 1.82) is 0 Å². The van der Waals surface area contributed by atoms with Crippen LogP contribution in [0.1, 0.15) is 16.3 Å². The molecule has 4 heterocycles. The Morgan fingerprint density at radius 1 is 1.25 bits per heavy atom. The molecule has 4 rings (SSSR count). The van der Waals surface area contributed by atoms with Crippen LogP contribution in [-0.4, -0.2) is 40.7 Å². The smallest absolute Gasteiger partial charge is 0.273 e. The van der Waals surface area contributed by atoms with Gasteiger partial charge in [-0.1, -0.05) is 5.21 Å². The molecule has 0 bridgehead atoms. The molecule has 1 amide bonds. The van der Waals surface area contributed by atoms with Crippen LogP contribution in [0.2, 0.25) is 0 Å². The van der Waals surface area contributed by atoms with Crippen LogP contribution in [0.3, 0.4) is 0 Å². The molecule has 0 aliphatic carbocycles. The van der Waals surface area contributed by atoms with Crippen molar-refractivity contribution in [3.05, 3.63) is 46.7 Å². The number of nitrogens with one attached hydrogen (secondary N) is 1. The lowest BCUT2D eigenvalue weighted by Crippen LogP contribution is -2.24. The van der Waals surface area contributed by atoms with Crippen molar-refractivity contribution in [2.45, 2.75) is 6.54 Å². The minimum absolute atomic E-state index is 0.191. The molecular weight excluding hydrogens is 328 g/mol. The summed E-state index contributed by atoms with van der Waals surface area (Å²) in [5.41, 5.74) is 2.73. The van der Waals surface area contributed by atoms with Gasteiger partial charge in [-0.3, -0.25) is 9.48 Å². The molecule has 0 atom stereocenters. The maximum Gasteiger partial charge on any atom is 0.273 e. The van der Waals surface area contributed by atoms with Crippen molar-refractivity contribution < 1.29 is 4.79 Å². The van der Waals surface area contributed by atoms with E-state index in [4.69, 9.17) is 0 Å². The molecular formula is C14H12N8OS. The van der Waals surface area contributed by atoms with Crippen LogP contribution >= 0.6 is 11.3 Å². The number of carbonyl (C=O) groups excluding carboxylic acids is 1. The fraction of sp³-hybridized carbons (Fsp3) is 0.143. The van der Waals surface area contributed by atoms with E-state index in [1.54, 1.807) is 29.1 Å². The highest BCUT2D eigenvalue weighted by Crippen LogP contribution is 2.20. The second-order valence-corrected chi connectivity index (χ2v) is 5.86. The number of hydrogen-bond acceptors (Lipinski definition) is 7. The molecule has 4 aromatic rings. The van der Waals surface area contributed by atoms with Crippen molar-refractivity contribution in [2.75, 3.05) is 0 Å². The molecule has 0 unspecified atom stereocenters. The van der Waals surface area contributed by atoms with Gasteiger partial charge in [-0.25, -0.2) is 0 Å². The summed E-state index contributed by atoms with van der Waals surface area (Å²) in [5.74, 6) is 0.216. The van der Waals surface area contributed by atoms with Crippen molar-refractivity contribution in [3.63, 3.8) is 0 Å². The van der Waals surface area contributed by atoms with Crippen LogP contribution in [0.5, 0.6) is 0 Å².